The van der Waals surface area contributed by atoms with Crippen molar-refractivity contribution in [3.05, 3.63) is 34.3 Å². The van der Waals surface area contributed by atoms with Gasteiger partial charge in [0.1, 0.15) is 5.60 Å². The van der Waals surface area contributed by atoms with E-state index >= 15 is 0 Å². The van der Waals surface area contributed by atoms with Crippen LogP contribution >= 0.6 is 15.9 Å². The standard InChI is InChI=1S/C16H25BrN2O2/c1-5-14(11-19-15(20)21-16(2,3)4)18-10-12-7-6-8-13(17)9-12/h6-9,14,18H,5,10-11H2,1-4H3,(H,19,20). The van der Waals surface area contributed by atoms with E-state index in [1.165, 1.54) is 5.56 Å². The third-order valence-corrected chi connectivity index (χ3v) is 3.36. The molecule has 0 saturated carbocycles. The van der Waals surface area contributed by atoms with Crippen LogP contribution in [0.5, 0.6) is 0 Å². The van der Waals surface area contributed by atoms with Gasteiger partial charge in [-0.15, -0.1) is 0 Å². The van der Waals surface area contributed by atoms with Gasteiger partial charge in [-0.05, 0) is 44.9 Å². The van der Waals surface area contributed by atoms with Crippen LogP contribution in [0.25, 0.3) is 0 Å². The van der Waals surface area contributed by atoms with Crippen LogP contribution in [0.2, 0.25) is 0 Å². The summed E-state index contributed by atoms with van der Waals surface area (Å²) < 4.78 is 6.30. The summed E-state index contributed by atoms with van der Waals surface area (Å²) >= 11 is 3.46. The van der Waals surface area contributed by atoms with E-state index in [0.717, 1.165) is 17.4 Å². The highest BCUT2D eigenvalue weighted by atomic mass is 79.9. The Kier molecular flexibility index (Phi) is 7.18. The van der Waals surface area contributed by atoms with E-state index in [1.807, 2.05) is 32.9 Å². The number of ether oxygens (including phenoxy) is 1. The summed E-state index contributed by atoms with van der Waals surface area (Å²) in [6.45, 7) is 8.99. The minimum absolute atomic E-state index is 0.219. The minimum atomic E-state index is -0.463. The lowest BCUT2D eigenvalue weighted by molar-refractivity contribution is 0.0522. The van der Waals surface area contributed by atoms with Gasteiger partial charge in [-0.25, -0.2) is 4.79 Å². The first kappa shape index (κ1) is 18.0. The van der Waals surface area contributed by atoms with Crippen molar-refractivity contribution in [1.82, 2.24) is 10.6 Å². The number of alkyl carbamates (subject to hydrolysis) is 1. The molecule has 0 aliphatic carbocycles. The molecule has 0 aromatic heterocycles. The lowest BCUT2D eigenvalue weighted by atomic mass is 10.2. The Morgan fingerprint density at radius 2 is 2.10 bits per heavy atom. The topological polar surface area (TPSA) is 50.4 Å². The minimum Gasteiger partial charge on any atom is -0.444 e. The fourth-order valence-electron chi connectivity index (χ4n) is 1.79. The maximum absolute atomic E-state index is 11.6. The molecular formula is C16H25BrN2O2. The van der Waals surface area contributed by atoms with Crippen LogP contribution in [0.3, 0.4) is 0 Å². The molecule has 1 rings (SSSR count). The van der Waals surface area contributed by atoms with Gasteiger partial charge in [-0.3, -0.25) is 0 Å². The number of hydrogen-bond acceptors (Lipinski definition) is 3. The van der Waals surface area contributed by atoms with E-state index in [0.29, 0.717) is 6.54 Å². The maximum Gasteiger partial charge on any atom is 0.407 e. The second-order valence-electron chi connectivity index (χ2n) is 6.00. The van der Waals surface area contributed by atoms with Crippen molar-refractivity contribution in [2.75, 3.05) is 6.54 Å². The van der Waals surface area contributed by atoms with Gasteiger partial charge < -0.3 is 15.4 Å². The number of carbonyl (C=O) groups excluding carboxylic acids is 1. The second-order valence-corrected chi connectivity index (χ2v) is 6.91. The Balaban J connectivity index is 2.36. The van der Waals surface area contributed by atoms with E-state index in [9.17, 15) is 4.79 Å². The van der Waals surface area contributed by atoms with Gasteiger partial charge >= 0.3 is 6.09 Å². The van der Waals surface area contributed by atoms with Crippen LogP contribution in [0.4, 0.5) is 4.79 Å². The maximum atomic E-state index is 11.6. The molecule has 2 N–H and O–H groups in total. The molecule has 0 fully saturated rings. The Hall–Kier alpha value is -1.07. The summed E-state index contributed by atoms with van der Waals surface area (Å²) in [6.07, 6.45) is 0.564. The van der Waals surface area contributed by atoms with E-state index < -0.39 is 5.60 Å². The normalized spacial score (nSPS) is 12.8. The summed E-state index contributed by atoms with van der Waals surface area (Å²) in [5.41, 5.74) is 0.746. The first-order valence-corrected chi connectivity index (χ1v) is 8.04. The van der Waals surface area contributed by atoms with Gasteiger partial charge in [0.2, 0.25) is 0 Å². The zero-order valence-corrected chi connectivity index (χ0v) is 14.8. The molecule has 21 heavy (non-hydrogen) atoms. The molecular weight excluding hydrogens is 332 g/mol. The van der Waals surface area contributed by atoms with Crippen LogP contribution in [0, 0.1) is 0 Å². The summed E-state index contributed by atoms with van der Waals surface area (Å²) in [4.78, 5) is 11.6. The van der Waals surface area contributed by atoms with Crippen molar-refractivity contribution in [3.63, 3.8) is 0 Å². The van der Waals surface area contributed by atoms with Crippen molar-refractivity contribution in [2.24, 2.45) is 0 Å². The molecule has 1 aromatic rings. The quantitative estimate of drug-likeness (QED) is 0.813. The molecule has 118 valence electrons. The Morgan fingerprint density at radius 1 is 1.38 bits per heavy atom. The largest absolute Gasteiger partial charge is 0.444 e. The molecule has 1 amide bonds. The molecule has 0 bridgehead atoms. The smallest absolute Gasteiger partial charge is 0.407 e. The first-order valence-electron chi connectivity index (χ1n) is 7.25. The molecule has 1 aromatic carbocycles. The molecule has 1 unspecified atom stereocenters. The Labute approximate surface area is 135 Å². The van der Waals surface area contributed by atoms with Gasteiger partial charge in [0.05, 0.1) is 0 Å². The molecule has 0 aliphatic heterocycles. The van der Waals surface area contributed by atoms with E-state index in [2.05, 4.69) is 45.6 Å². The van der Waals surface area contributed by atoms with Crippen LogP contribution < -0.4 is 10.6 Å². The first-order chi connectivity index (χ1) is 9.80. The highest BCUT2D eigenvalue weighted by molar-refractivity contribution is 9.10. The average Bonchev–Trinajstić information content (AvgIpc) is 2.37. The Morgan fingerprint density at radius 3 is 2.67 bits per heavy atom. The lowest BCUT2D eigenvalue weighted by Crippen LogP contribution is -2.42. The third-order valence-electron chi connectivity index (χ3n) is 2.87. The van der Waals surface area contributed by atoms with Gasteiger partial charge in [-0.1, -0.05) is 35.0 Å². The van der Waals surface area contributed by atoms with Crippen molar-refractivity contribution < 1.29 is 9.53 Å². The number of carbonyl (C=O) groups is 1. The lowest BCUT2D eigenvalue weighted by Gasteiger charge is -2.22. The van der Waals surface area contributed by atoms with E-state index in [1.54, 1.807) is 0 Å². The SMILES string of the molecule is CCC(CNC(=O)OC(C)(C)C)NCc1cccc(Br)c1. The summed E-state index contributed by atoms with van der Waals surface area (Å²) in [7, 11) is 0. The zero-order valence-electron chi connectivity index (χ0n) is 13.2. The van der Waals surface area contributed by atoms with Gasteiger partial charge in [0, 0.05) is 23.6 Å². The van der Waals surface area contributed by atoms with Crippen molar-refractivity contribution in [3.8, 4) is 0 Å². The fraction of sp³-hybridized carbons (Fsp3) is 0.562. The van der Waals surface area contributed by atoms with Gasteiger partial charge in [-0.2, -0.15) is 0 Å². The molecule has 0 heterocycles. The molecule has 1 atom stereocenters. The van der Waals surface area contributed by atoms with Gasteiger partial charge in [0.25, 0.3) is 0 Å². The summed E-state index contributed by atoms with van der Waals surface area (Å²) in [5, 5.41) is 6.24. The van der Waals surface area contributed by atoms with Crippen LogP contribution in [-0.2, 0) is 11.3 Å². The Bertz CT molecular complexity index is 458. The molecule has 0 aliphatic rings. The van der Waals surface area contributed by atoms with Gasteiger partial charge in [0.15, 0.2) is 0 Å². The van der Waals surface area contributed by atoms with Crippen molar-refractivity contribution >= 4 is 22.0 Å². The zero-order chi connectivity index (χ0) is 15.9. The molecule has 4 nitrogen and oxygen atoms in total. The van der Waals surface area contributed by atoms with Crippen LogP contribution in [-0.4, -0.2) is 24.3 Å². The summed E-state index contributed by atoms with van der Waals surface area (Å²) in [6, 6.07) is 8.40. The number of nitrogens with one attached hydrogen (secondary N) is 2. The average molecular weight is 357 g/mol. The highest BCUT2D eigenvalue weighted by Crippen LogP contribution is 2.11. The number of rotatable bonds is 6. The predicted molar refractivity (Wildman–Crippen MR) is 89.3 cm³/mol. The highest BCUT2D eigenvalue weighted by Gasteiger charge is 2.16. The third kappa shape index (κ3) is 8.07. The summed E-state index contributed by atoms with van der Waals surface area (Å²) in [5.74, 6) is 0. The number of benzene rings is 1. The van der Waals surface area contributed by atoms with E-state index in [-0.39, 0.29) is 12.1 Å². The molecule has 0 saturated heterocycles. The number of halogens is 1. The fourth-order valence-corrected chi connectivity index (χ4v) is 2.24. The van der Waals surface area contributed by atoms with E-state index in [4.69, 9.17) is 4.74 Å². The number of hydrogen-bond donors (Lipinski definition) is 2. The molecule has 5 heteroatoms. The molecule has 0 radical (unpaired) electrons. The van der Waals surface area contributed by atoms with Crippen LogP contribution in [0.15, 0.2) is 28.7 Å². The monoisotopic (exact) mass is 356 g/mol. The number of amides is 1. The van der Waals surface area contributed by atoms with Crippen molar-refractivity contribution in [1.29, 1.82) is 0 Å². The van der Waals surface area contributed by atoms with Crippen LogP contribution in [0.1, 0.15) is 39.7 Å². The van der Waals surface area contributed by atoms with Crippen molar-refractivity contribution in [2.45, 2.75) is 52.3 Å². The second kappa shape index (κ2) is 8.39. The molecule has 0 spiro atoms. The predicted octanol–water partition coefficient (Wildman–Crippen LogP) is 3.84.